The second-order valence-electron chi connectivity index (χ2n) is 5.45. The lowest BCUT2D eigenvalue weighted by Gasteiger charge is -2.44. The molecular weight excluding hydrogens is 242 g/mol. The first kappa shape index (κ1) is 14.3. The molecule has 0 saturated carbocycles. The van der Waals surface area contributed by atoms with Crippen LogP contribution in [0.1, 0.15) is 33.1 Å². The zero-order valence-electron chi connectivity index (χ0n) is 12.0. The summed E-state index contributed by atoms with van der Waals surface area (Å²) in [5, 5.41) is 3.38. The zero-order valence-corrected chi connectivity index (χ0v) is 12.0. The number of rotatable bonds is 4. The van der Waals surface area contributed by atoms with Crippen molar-refractivity contribution in [1.29, 1.82) is 0 Å². The van der Waals surface area contributed by atoms with Crippen LogP contribution in [-0.4, -0.2) is 60.4 Å². The Morgan fingerprint density at radius 2 is 2.11 bits per heavy atom. The molecule has 0 radical (unpaired) electrons. The Bertz CT molecular complexity index is 342. The SMILES string of the molecule is CCN(CC)C(=O)CN1C(=O)CCC2CNCCC21. The fraction of sp³-hybridized carbons (Fsp3) is 0.857. The van der Waals surface area contributed by atoms with Crippen molar-refractivity contribution in [1.82, 2.24) is 15.1 Å². The Morgan fingerprint density at radius 3 is 2.79 bits per heavy atom. The summed E-state index contributed by atoms with van der Waals surface area (Å²) in [7, 11) is 0. The number of fused-ring (bicyclic) bond motifs is 1. The second kappa shape index (κ2) is 6.37. The third-order valence-electron chi connectivity index (χ3n) is 4.44. The number of piperidine rings is 2. The predicted molar refractivity (Wildman–Crippen MR) is 73.6 cm³/mol. The van der Waals surface area contributed by atoms with Gasteiger partial charge in [0.15, 0.2) is 0 Å². The van der Waals surface area contributed by atoms with E-state index in [4.69, 9.17) is 0 Å². The zero-order chi connectivity index (χ0) is 13.8. The van der Waals surface area contributed by atoms with E-state index in [-0.39, 0.29) is 24.4 Å². The fourth-order valence-corrected chi connectivity index (χ4v) is 3.28. The highest BCUT2D eigenvalue weighted by molar-refractivity contribution is 5.85. The number of hydrogen-bond acceptors (Lipinski definition) is 3. The van der Waals surface area contributed by atoms with Crippen molar-refractivity contribution in [3.05, 3.63) is 0 Å². The molecule has 0 spiro atoms. The largest absolute Gasteiger partial charge is 0.342 e. The van der Waals surface area contributed by atoms with Crippen LogP contribution in [0.15, 0.2) is 0 Å². The first-order valence-corrected chi connectivity index (χ1v) is 7.45. The summed E-state index contributed by atoms with van der Waals surface area (Å²) < 4.78 is 0. The molecule has 0 aromatic rings. The molecule has 2 heterocycles. The van der Waals surface area contributed by atoms with Gasteiger partial charge in [-0.2, -0.15) is 0 Å². The molecule has 2 atom stereocenters. The highest BCUT2D eigenvalue weighted by Crippen LogP contribution is 2.28. The van der Waals surface area contributed by atoms with Crippen LogP contribution < -0.4 is 5.32 Å². The van der Waals surface area contributed by atoms with Gasteiger partial charge in [0.25, 0.3) is 0 Å². The van der Waals surface area contributed by atoms with Crippen LogP contribution in [0, 0.1) is 5.92 Å². The average molecular weight is 267 g/mol. The second-order valence-corrected chi connectivity index (χ2v) is 5.45. The Kier molecular flexibility index (Phi) is 4.80. The van der Waals surface area contributed by atoms with Crippen LogP contribution in [0.25, 0.3) is 0 Å². The maximum absolute atomic E-state index is 12.2. The van der Waals surface area contributed by atoms with Crippen molar-refractivity contribution in [2.75, 3.05) is 32.7 Å². The highest BCUT2D eigenvalue weighted by atomic mass is 16.2. The molecular formula is C14H25N3O2. The molecule has 2 unspecified atom stereocenters. The average Bonchev–Trinajstić information content (AvgIpc) is 2.43. The molecule has 0 aliphatic carbocycles. The van der Waals surface area contributed by atoms with Gasteiger partial charge in [-0.3, -0.25) is 9.59 Å². The smallest absolute Gasteiger partial charge is 0.242 e. The number of likely N-dealkylation sites (tertiary alicyclic amines) is 1. The van der Waals surface area contributed by atoms with Gasteiger partial charge in [-0.15, -0.1) is 0 Å². The number of likely N-dealkylation sites (N-methyl/N-ethyl adjacent to an activating group) is 1. The summed E-state index contributed by atoms with van der Waals surface area (Å²) in [4.78, 5) is 28.0. The van der Waals surface area contributed by atoms with E-state index in [1.165, 1.54) is 0 Å². The number of hydrogen-bond donors (Lipinski definition) is 1. The van der Waals surface area contributed by atoms with Crippen LogP contribution in [0.4, 0.5) is 0 Å². The first-order valence-electron chi connectivity index (χ1n) is 7.45. The van der Waals surface area contributed by atoms with E-state index in [2.05, 4.69) is 5.32 Å². The van der Waals surface area contributed by atoms with E-state index in [1.807, 2.05) is 18.7 Å². The van der Waals surface area contributed by atoms with E-state index in [9.17, 15) is 9.59 Å². The van der Waals surface area contributed by atoms with Gasteiger partial charge >= 0.3 is 0 Å². The van der Waals surface area contributed by atoms with Gasteiger partial charge in [0.05, 0.1) is 0 Å². The quantitative estimate of drug-likeness (QED) is 0.805. The third kappa shape index (κ3) is 3.08. The minimum atomic E-state index is 0.0810. The molecule has 0 aromatic heterocycles. The predicted octanol–water partition coefficient (Wildman–Crippen LogP) is 0.455. The summed E-state index contributed by atoms with van der Waals surface area (Å²) in [6.07, 6.45) is 2.53. The molecule has 2 saturated heterocycles. The van der Waals surface area contributed by atoms with Crippen LogP contribution in [-0.2, 0) is 9.59 Å². The molecule has 2 fully saturated rings. The molecule has 108 valence electrons. The van der Waals surface area contributed by atoms with Gasteiger partial charge < -0.3 is 15.1 Å². The van der Waals surface area contributed by atoms with Gasteiger partial charge in [-0.1, -0.05) is 0 Å². The van der Waals surface area contributed by atoms with Crippen LogP contribution in [0.5, 0.6) is 0 Å². The molecule has 5 nitrogen and oxygen atoms in total. The number of carbonyl (C=O) groups excluding carboxylic acids is 2. The minimum Gasteiger partial charge on any atom is -0.342 e. The Morgan fingerprint density at radius 1 is 1.37 bits per heavy atom. The number of nitrogens with zero attached hydrogens (tertiary/aromatic N) is 2. The molecule has 2 aliphatic rings. The standard InChI is InChI=1S/C14H25N3O2/c1-3-16(4-2)14(19)10-17-12-7-8-15-9-11(12)5-6-13(17)18/h11-12,15H,3-10H2,1-2H3. The fourth-order valence-electron chi connectivity index (χ4n) is 3.28. The van der Waals surface area contributed by atoms with Crippen molar-refractivity contribution >= 4 is 11.8 Å². The lowest BCUT2D eigenvalue weighted by atomic mass is 9.84. The topological polar surface area (TPSA) is 52.7 Å². The lowest BCUT2D eigenvalue weighted by Crippen LogP contribution is -2.57. The van der Waals surface area contributed by atoms with E-state index in [0.717, 1.165) is 25.9 Å². The van der Waals surface area contributed by atoms with Crippen LogP contribution in [0.3, 0.4) is 0 Å². The van der Waals surface area contributed by atoms with Crippen molar-refractivity contribution in [3.8, 4) is 0 Å². The molecule has 2 amide bonds. The van der Waals surface area contributed by atoms with Gasteiger partial charge in [0, 0.05) is 25.6 Å². The van der Waals surface area contributed by atoms with Crippen molar-refractivity contribution in [2.45, 2.75) is 39.2 Å². The maximum Gasteiger partial charge on any atom is 0.242 e. The van der Waals surface area contributed by atoms with Crippen molar-refractivity contribution in [2.24, 2.45) is 5.92 Å². The molecule has 19 heavy (non-hydrogen) atoms. The molecule has 1 N–H and O–H groups in total. The van der Waals surface area contributed by atoms with Gasteiger partial charge in [0.2, 0.25) is 11.8 Å². The summed E-state index contributed by atoms with van der Waals surface area (Å²) in [6.45, 7) is 7.58. The number of nitrogens with one attached hydrogen (secondary N) is 1. The normalized spacial score (nSPS) is 27.1. The summed E-state index contributed by atoms with van der Waals surface area (Å²) in [5.74, 6) is 0.761. The van der Waals surface area contributed by atoms with Crippen LogP contribution in [0.2, 0.25) is 0 Å². The van der Waals surface area contributed by atoms with Crippen molar-refractivity contribution in [3.63, 3.8) is 0 Å². The summed E-state index contributed by atoms with van der Waals surface area (Å²) in [6, 6.07) is 0.266. The summed E-state index contributed by atoms with van der Waals surface area (Å²) in [5.41, 5.74) is 0. The Hall–Kier alpha value is -1.10. The monoisotopic (exact) mass is 267 g/mol. The van der Waals surface area contributed by atoms with E-state index in [1.54, 1.807) is 4.90 Å². The number of amides is 2. The molecule has 0 bridgehead atoms. The third-order valence-corrected chi connectivity index (χ3v) is 4.44. The number of carbonyl (C=O) groups is 2. The lowest BCUT2D eigenvalue weighted by molar-refractivity contribution is -0.147. The summed E-state index contributed by atoms with van der Waals surface area (Å²) >= 11 is 0. The minimum absolute atomic E-state index is 0.0810. The van der Waals surface area contributed by atoms with Crippen LogP contribution >= 0.6 is 0 Å². The van der Waals surface area contributed by atoms with Gasteiger partial charge in [0.1, 0.15) is 6.54 Å². The first-order chi connectivity index (χ1) is 9.17. The van der Waals surface area contributed by atoms with Gasteiger partial charge in [-0.05, 0) is 45.7 Å². The maximum atomic E-state index is 12.2. The molecule has 2 aliphatic heterocycles. The molecule has 5 heteroatoms. The van der Waals surface area contributed by atoms with E-state index < -0.39 is 0 Å². The highest BCUT2D eigenvalue weighted by Gasteiger charge is 2.38. The molecule has 0 aromatic carbocycles. The van der Waals surface area contributed by atoms with E-state index in [0.29, 0.717) is 25.4 Å². The van der Waals surface area contributed by atoms with Crippen molar-refractivity contribution < 1.29 is 9.59 Å². The molecule has 2 rings (SSSR count). The Balaban J connectivity index is 2.03. The van der Waals surface area contributed by atoms with E-state index >= 15 is 0 Å². The Labute approximate surface area is 115 Å². The van der Waals surface area contributed by atoms with Gasteiger partial charge in [-0.25, -0.2) is 0 Å².